The first-order chi connectivity index (χ1) is 14.0. The summed E-state index contributed by atoms with van der Waals surface area (Å²) in [5, 5.41) is 12.4. The van der Waals surface area contributed by atoms with Crippen molar-refractivity contribution >= 4 is 18.0 Å². The zero-order chi connectivity index (χ0) is 21.3. The molecular weight excluding hydrogens is 380 g/mol. The second kappa shape index (κ2) is 15.3. The number of carboxylic acids is 1. The summed E-state index contributed by atoms with van der Waals surface area (Å²) >= 11 is 0. The number of rotatable bonds is 15. The van der Waals surface area contributed by atoms with E-state index in [4.69, 9.17) is 19.4 Å². The van der Waals surface area contributed by atoms with Gasteiger partial charge in [0.05, 0.1) is 32.8 Å². The number of nitrogens with zero attached hydrogens (tertiary/aromatic N) is 1. The maximum absolute atomic E-state index is 12.0. The SMILES string of the molecule is CCCCON(CCOCCNC(=O)OCc1ccccc1)C(=O)CCC(=O)O. The summed E-state index contributed by atoms with van der Waals surface area (Å²) in [6, 6.07) is 9.35. The van der Waals surface area contributed by atoms with E-state index in [0.29, 0.717) is 6.61 Å². The van der Waals surface area contributed by atoms with Crippen LogP contribution in [0.1, 0.15) is 38.2 Å². The summed E-state index contributed by atoms with van der Waals surface area (Å²) in [4.78, 5) is 39.7. The third-order valence-electron chi connectivity index (χ3n) is 3.74. The van der Waals surface area contributed by atoms with E-state index in [2.05, 4.69) is 5.32 Å². The summed E-state index contributed by atoms with van der Waals surface area (Å²) in [7, 11) is 0. The lowest BCUT2D eigenvalue weighted by Crippen LogP contribution is -2.35. The highest BCUT2D eigenvalue weighted by Crippen LogP contribution is 2.02. The molecule has 0 spiro atoms. The predicted molar refractivity (Wildman–Crippen MR) is 105 cm³/mol. The van der Waals surface area contributed by atoms with Crippen LogP contribution in [0.25, 0.3) is 0 Å². The number of aliphatic carboxylic acids is 1. The number of hydroxylamine groups is 2. The zero-order valence-corrected chi connectivity index (χ0v) is 16.8. The van der Waals surface area contributed by atoms with E-state index in [1.807, 2.05) is 37.3 Å². The highest BCUT2D eigenvalue weighted by atomic mass is 16.7. The summed E-state index contributed by atoms with van der Waals surface area (Å²) < 4.78 is 10.5. The average Bonchev–Trinajstić information content (AvgIpc) is 2.72. The molecule has 0 aliphatic heterocycles. The average molecular weight is 410 g/mol. The molecule has 0 aromatic heterocycles. The van der Waals surface area contributed by atoms with Gasteiger partial charge in [0.2, 0.25) is 5.91 Å². The molecule has 9 heteroatoms. The molecule has 9 nitrogen and oxygen atoms in total. The van der Waals surface area contributed by atoms with Crippen LogP contribution in [0.2, 0.25) is 0 Å². The van der Waals surface area contributed by atoms with E-state index in [-0.39, 0.29) is 45.8 Å². The van der Waals surface area contributed by atoms with Crippen molar-refractivity contribution in [1.82, 2.24) is 10.4 Å². The van der Waals surface area contributed by atoms with Gasteiger partial charge in [-0.15, -0.1) is 0 Å². The Labute approximate surface area is 170 Å². The molecule has 0 radical (unpaired) electrons. The highest BCUT2D eigenvalue weighted by molar-refractivity contribution is 5.79. The van der Waals surface area contributed by atoms with Crippen LogP contribution >= 0.6 is 0 Å². The van der Waals surface area contributed by atoms with Gasteiger partial charge in [-0.1, -0.05) is 43.7 Å². The van der Waals surface area contributed by atoms with Crippen LogP contribution in [0.4, 0.5) is 4.79 Å². The highest BCUT2D eigenvalue weighted by Gasteiger charge is 2.15. The van der Waals surface area contributed by atoms with Crippen LogP contribution in [0.15, 0.2) is 30.3 Å². The van der Waals surface area contributed by atoms with Gasteiger partial charge in [-0.05, 0) is 12.0 Å². The molecule has 0 fully saturated rings. The molecular formula is C20H30N2O7. The van der Waals surface area contributed by atoms with Crippen molar-refractivity contribution in [3.63, 3.8) is 0 Å². The lowest BCUT2D eigenvalue weighted by atomic mass is 10.2. The topological polar surface area (TPSA) is 114 Å². The summed E-state index contributed by atoms with van der Waals surface area (Å²) in [5.74, 6) is -1.43. The molecule has 0 atom stereocenters. The number of alkyl carbamates (subject to hydrolysis) is 1. The van der Waals surface area contributed by atoms with Gasteiger partial charge in [0.25, 0.3) is 0 Å². The Kier molecular flexibility index (Phi) is 12.9. The molecule has 0 aliphatic carbocycles. The molecule has 29 heavy (non-hydrogen) atoms. The van der Waals surface area contributed by atoms with Gasteiger partial charge >= 0.3 is 12.1 Å². The maximum atomic E-state index is 12.0. The Morgan fingerprint density at radius 2 is 1.83 bits per heavy atom. The molecule has 0 aliphatic rings. The molecule has 2 N–H and O–H groups in total. The summed E-state index contributed by atoms with van der Waals surface area (Å²) in [6.45, 7) is 3.46. The number of hydrogen-bond acceptors (Lipinski definition) is 6. The van der Waals surface area contributed by atoms with Crippen molar-refractivity contribution in [1.29, 1.82) is 0 Å². The maximum Gasteiger partial charge on any atom is 0.407 e. The molecule has 0 heterocycles. The molecule has 0 saturated heterocycles. The summed E-state index contributed by atoms with van der Waals surface area (Å²) in [6.07, 6.45) is 0.794. The van der Waals surface area contributed by atoms with E-state index < -0.39 is 18.0 Å². The third-order valence-corrected chi connectivity index (χ3v) is 3.74. The van der Waals surface area contributed by atoms with Gasteiger partial charge in [-0.25, -0.2) is 9.86 Å². The smallest absolute Gasteiger partial charge is 0.407 e. The van der Waals surface area contributed by atoms with Crippen LogP contribution in [0.3, 0.4) is 0 Å². The van der Waals surface area contributed by atoms with E-state index in [0.717, 1.165) is 23.5 Å². The lowest BCUT2D eigenvalue weighted by molar-refractivity contribution is -0.191. The minimum absolute atomic E-state index is 0.129. The van der Waals surface area contributed by atoms with E-state index >= 15 is 0 Å². The van der Waals surface area contributed by atoms with Crippen LogP contribution in [-0.2, 0) is 30.5 Å². The Balaban J connectivity index is 2.18. The molecule has 1 aromatic rings. The predicted octanol–water partition coefficient (Wildman–Crippen LogP) is 2.35. The second-order valence-corrected chi connectivity index (χ2v) is 6.18. The Bertz CT molecular complexity index is 610. The normalized spacial score (nSPS) is 10.4. The van der Waals surface area contributed by atoms with Gasteiger partial charge in [0, 0.05) is 13.0 Å². The van der Waals surface area contributed by atoms with Crippen molar-refractivity contribution in [3.8, 4) is 0 Å². The molecule has 2 amide bonds. The number of carboxylic acid groups (broad SMARTS) is 1. The van der Waals surface area contributed by atoms with Crippen LogP contribution in [-0.4, -0.2) is 61.0 Å². The first kappa shape index (κ1) is 24.4. The number of ether oxygens (including phenoxy) is 2. The first-order valence-electron chi connectivity index (χ1n) is 9.70. The van der Waals surface area contributed by atoms with Crippen molar-refractivity contribution in [2.75, 3.05) is 32.9 Å². The van der Waals surface area contributed by atoms with Crippen molar-refractivity contribution in [2.45, 2.75) is 39.2 Å². The van der Waals surface area contributed by atoms with E-state index in [9.17, 15) is 14.4 Å². The fourth-order valence-electron chi connectivity index (χ4n) is 2.17. The number of nitrogens with one attached hydrogen (secondary N) is 1. The molecule has 0 saturated carbocycles. The Morgan fingerprint density at radius 3 is 2.52 bits per heavy atom. The molecule has 0 unspecified atom stereocenters. The minimum Gasteiger partial charge on any atom is -0.481 e. The Hall–Kier alpha value is -2.65. The number of hydrogen-bond donors (Lipinski definition) is 2. The van der Waals surface area contributed by atoms with Gasteiger partial charge < -0.3 is 19.9 Å². The third kappa shape index (κ3) is 12.4. The van der Waals surface area contributed by atoms with Gasteiger partial charge in [0.15, 0.2) is 0 Å². The van der Waals surface area contributed by atoms with Crippen LogP contribution < -0.4 is 5.32 Å². The minimum atomic E-state index is -1.03. The van der Waals surface area contributed by atoms with Crippen molar-refractivity contribution in [3.05, 3.63) is 35.9 Å². The Morgan fingerprint density at radius 1 is 1.07 bits per heavy atom. The fourth-order valence-corrected chi connectivity index (χ4v) is 2.17. The van der Waals surface area contributed by atoms with Gasteiger partial charge in [-0.3, -0.25) is 14.4 Å². The quantitative estimate of drug-likeness (QED) is 0.337. The van der Waals surface area contributed by atoms with E-state index in [1.54, 1.807) is 0 Å². The first-order valence-corrected chi connectivity index (χ1v) is 9.70. The number of benzene rings is 1. The van der Waals surface area contributed by atoms with Crippen LogP contribution in [0, 0.1) is 0 Å². The van der Waals surface area contributed by atoms with Crippen LogP contribution in [0.5, 0.6) is 0 Å². The second-order valence-electron chi connectivity index (χ2n) is 6.18. The largest absolute Gasteiger partial charge is 0.481 e. The molecule has 0 bridgehead atoms. The van der Waals surface area contributed by atoms with Crippen molar-refractivity contribution in [2.24, 2.45) is 0 Å². The number of carbonyl (C=O) groups excluding carboxylic acids is 2. The summed E-state index contributed by atoms with van der Waals surface area (Å²) in [5.41, 5.74) is 0.898. The monoisotopic (exact) mass is 410 g/mol. The van der Waals surface area contributed by atoms with Crippen molar-refractivity contribution < 1.29 is 33.8 Å². The number of carbonyl (C=O) groups is 3. The molecule has 1 aromatic carbocycles. The molecule has 1 rings (SSSR count). The fraction of sp³-hybridized carbons (Fsp3) is 0.550. The zero-order valence-electron chi connectivity index (χ0n) is 16.8. The lowest BCUT2D eigenvalue weighted by Gasteiger charge is -2.21. The van der Waals surface area contributed by atoms with Gasteiger partial charge in [0.1, 0.15) is 6.61 Å². The van der Waals surface area contributed by atoms with Gasteiger partial charge in [-0.2, -0.15) is 0 Å². The molecule has 162 valence electrons. The number of amides is 2. The standard InChI is InChI=1S/C20H30N2O7/c1-2-3-13-29-22(18(23)9-10-19(24)25)12-15-27-14-11-21-20(26)28-16-17-7-5-4-6-8-17/h4-8H,2-3,9-16H2,1H3,(H,21,26)(H,24,25). The number of unbranched alkanes of at least 4 members (excludes halogenated alkanes) is 1. The van der Waals surface area contributed by atoms with E-state index in [1.165, 1.54) is 0 Å².